The van der Waals surface area contributed by atoms with E-state index < -0.39 is 54.8 Å². The second kappa shape index (κ2) is 19.4. The Morgan fingerprint density at radius 3 is 2.04 bits per heavy atom. The van der Waals surface area contributed by atoms with Gasteiger partial charge in [-0.15, -0.1) is 4.57 Å². The maximum Gasteiger partial charge on any atom is 0.390 e. The summed E-state index contributed by atoms with van der Waals surface area (Å²) >= 11 is 0. The lowest BCUT2D eigenvalue weighted by molar-refractivity contribution is -0.971. The Kier molecular flexibility index (Phi) is 15.4. The molecule has 4 atom stereocenters. The van der Waals surface area contributed by atoms with Crippen LogP contribution < -0.4 is 20.5 Å². The second-order valence-corrected chi connectivity index (χ2v) is 13.0. The number of unbranched alkanes of at least 4 members (excludes halogenated alkanes) is 8. The molecule has 0 saturated carbocycles. The number of nitrogens with zero attached hydrogens (tertiary/aromatic N) is 3. The summed E-state index contributed by atoms with van der Waals surface area (Å²) in [5.74, 6) is -4.35. The minimum Gasteiger partial charge on any atom is -0.481 e. The van der Waals surface area contributed by atoms with E-state index in [2.05, 4.69) is 16.0 Å². The van der Waals surface area contributed by atoms with Crippen molar-refractivity contribution in [3.05, 3.63) is 18.2 Å². The zero-order valence-corrected chi connectivity index (χ0v) is 28.2. The van der Waals surface area contributed by atoms with Gasteiger partial charge in [-0.25, -0.2) is 33.0 Å². The standard InChI is InChI=1S/C32H48N6O12/c39-24(33-15-9-8-11-22(29(45)46)34-31(49)35-23(30(47)48)13-14-26(40)41)12-7-5-3-1-2-4-6-10-18-38-20-25-36(19-27(42)43)16-17-37(25)32(38)50-28(44)21-38/h16-17,22-23,32H,1-15,18-21H2,(H5-2,33,34,35,39,40,41,42,43,45,46,47,48,49)/p+2. The number of carboxylic acids is 4. The fourth-order valence-electron chi connectivity index (χ4n) is 6.45. The van der Waals surface area contributed by atoms with Crippen LogP contribution in [0, 0.1) is 0 Å². The normalized spacial score (nSPS) is 18.7. The number of amides is 3. The van der Waals surface area contributed by atoms with Gasteiger partial charge in [0.05, 0.1) is 6.54 Å². The molecule has 1 saturated heterocycles. The number of hydrogen-bond acceptors (Lipinski definition) is 8. The van der Waals surface area contributed by atoms with E-state index >= 15 is 0 Å². The monoisotopic (exact) mass is 710 g/mol. The van der Waals surface area contributed by atoms with Crippen LogP contribution in [-0.2, 0) is 46.6 Å². The van der Waals surface area contributed by atoms with Gasteiger partial charge in [-0.2, -0.15) is 0 Å². The fraction of sp³-hybridized carbons (Fsp3) is 0.688. The van der Waals surface area contributed by atoms with Crippen molar-refractivity contribution in [3.8, 4) is 0 Å². The number of aliphatic carboxylic acids is 4. The molecular weight excluding hydrogens is 660 g/mol. The summed E-state index contributed by atoms with van der Waals surface area (Å²) in [4.78, 5) is 81.0. The van der Waals surface area contributed by atoms with Crippen molar-refractivity contribution >= 4 is 41.8 Å². The van der Waals surface area contributed by atoms with E-state index in [0.29, 0.717) is 36.8 Å². The van der Waals surface area contributed by atoms with Crippen molar-refractivity contribution in [3.63, 3.8) is 0 Å². The number of aromatic nitrogens is 2. The Bertz CT molecular complexity index is 1380. The molecule has 3 heterocycles. The predicted octanol–water partition coefficient (Wildman–Crippen LogP) is 1.07. The van der Waals surface area contributed by atoms with Gasteiger partial charge in [0.1, 0.15) is 24.5 Å². The molecule has 18 heteroatoms. The van der Waals surface area contributed by atoms with Crippen molar-refractivity contribution in [1.82, 2.24) is 20.5 Å². The summed E-state index contributed by atoms with van der Waals surface area (Å²) in [5.41, 5.74) is 0. The summed E-state index contributed by atoms with van der Waals surface area (Å²) in [6.45, 7) is 1.85. The smallest absolute Gasteiger partial charge is 0.390 e. The molecule has 278 valence electrons. The first-order chi connectivity index (χ1) is 23.8. The van der Waals surface area contributed by atoms with Crippen LogP contribution in [0.1, 0.15) is 102 Å². The van der Waals surface area contributed by atoms with Crippen LogP contribution in [0.25, 0.3) is 0 Å². The fourth-order valence-corrected chi connectivity index (χ4v) is 6.45. The lowest BCUT2D eigenvalue weighted by atomic mass is 10.1. The van der Waals surface area contributed by atoms with Crippen LogP contribution in [-0.4, -0.2) is 103 Å². The molecule has 18 nitrogen and oxygen atoms in total. The molecule has 0 radical (unpaired) electrons. The Morgan fingerprint density at radius 1 is 0.800 bits per heavy atom. The van der Waals surface area contributed by atoms with Gasteiger partial charge in [-0.1, -0.05) is 32.1 Å². The summed E-state index contributed by atoms with van der Waals surface area (Å²) in [6.07, 6.45) is 11.4. The topological polar surface area (TPSA) is 255 Å². The number of fused-ring (bicyclic) bond motifs is 3. The Hall–Kier alpha value is -4.74. The molecule has 3 amide bonds. The van der Waals surface area contributed by atoms with Crippen molar-refractivity contribution < 1.29 is 67.8 Å². The van der Waals surface area contributed by atoms with Crippen molar-refractivity contribution in [2.24, 2.45) is 0 Å². The zero-order chi connectivity index (χ0) is 36.7. The second-order valence-electron chi connectivity index (χ2n) is 13.0. The first-order valence-corrected chi connectivity index (χ1v) is 17.2. The molecule has 1 fully saturated rings. The lowest BCUT2D eigenvalue weighted by Gasteiger charge is -2.27. The Labute approximate surface area is 289 Å². The van der Waals surface area contributed by atoms with Crippen LogP contribution in [0.15, 0.2) is 12.4 Å². The minimum absolute atomic E-state index is 0.0587. The van der Waals surface area contributed by atoms with Crippen LogP contribution in [0.3, 0.4) is 0 Å². The largest absolute Gasteiger partial charge is 0.481 e. The summed E-state index contributed by atoms with van der Waals surface area (Å²) in [6, 6.07) is -3.78. The number of carbonyl (C=O) groups excluding carboxylic acids is 3. The third-order valence-corrected chi connectivity index (χ3v) is 9.04. The van der Waals surface area contributed by atoms with Crippen LogP contribution in [0.5, 0.6) is 0 Å². The van der Waals surface area contributed by atoms with Gasteiger partial charge in [0.15, 0.2) is 19.6 Å². The zero-order valence-electron chi connectivity index (χ0n) is 28.2. The molecule has 0 spiro atoms. The lowest BCUT2D eigenvalue weighted by Crippen LogP contribution is -2.51. The van der Waals surface area contributed by atoms with Gasteiger partial charge in [-0.05, 0) is 44.9 Å². The van der Waals surface area contributed by atoms with E-state index in [-0.39, 0.29) is 37.8 Å². The van der Waals surface area contributed by atoms with Gasteiger partial charge in [-0.3, -0.25) is 9.59 Å². The number of quaternary nitrogens is 1. The highest BCUT2D eigenvalue weighted by molar-refractivity contribution is 5.86. The van der Waals surface area contributed by atoms with E-state index in [9.17, 15) is 43.8 Å². The first kappa shape index (κ1) is 39.7. The molecule has 7 N–H and O–H groups in total. The maximum absolute atomic E-state index is 12.2. The molecule has 4 unspecified atom stereocenters. The van der Waals surface area contributed by atoms with Crippen molar-refractivity contribution in [2.75, 3.05) is 19.6 Å². The molecule has 1 aromatic rings. The molecule has 2 aliphatic rings. The Morgan fingerprint density at radius 2 is 1.42 bits per heavy atom. The number of carboxylic acid groups (broad SMARTS) is 4. The van der Waals surface area contributed by atoms with Gasteiger partial charge in [0.25, 0.3) is 0 Å². The third-order valence-electron chi connectivity index (χ3n) is 9.04. The number of rotatable bonds is 25. The summed E-state index contributed by atoms with van der Waals surface area (Å²) < 4.78 is 9.67. The molecular formula is C32H50N6O12+2. The molecule has 50 heavy (non-hydrogen) atoms. The molecule has 3 rings (SSSR count). The number of urea groups is 1. The first-order valence-electron chi connectivity index (χ1n) is 17.2. The third kappa shape index (κ3) is 12.3. The molecule has 2 aliphatic heterocycles. The van der Waals surface area contributed by atoms with Gasteiger partial charge < -0.3 is 41.1 Å². The van der Waals surface area contributed by atoms with Gasteiger partial charge >= 0.3 is 48.1 Å². The minimum atomic E-state index is -1.47. The van der Waals surface area contributed by atoms with Crippen molar-refractivity contribution in [2.45, 2.75) is 121 Å². The van der Waals surface area contributed by atoms with E-state index in [4.69, 9.17) is 14.9 Å². The predicted molar refractivity (Wildman–Crippen MR) is 171 cm³/mol. The van der Waals surface area contributed by atoms with Crippen LogP contribution in [0.4, 0.5) is 4.79 Å². The number of ether oxygens (including phenoxy) is 1. The van der Waals surface area contributed by atoms with Crippen LogP contribution in [0.2, 0.25) is 0 Å². The highest BCUT2D eigenvalue weighted by Crippen LogP contribution is 2.39. The highest BCUT2D eigenvalue weighted by Gasteiger charge is 2.60. The quantitative estimate of drug-likeness (QED) is 0.0326. The number of esters is 1. The van der Waals surface area contributed by atoms with Crippen molar-refractivity contribution in [1.29, 1.82) is 0 Å². The maximum atomic E-state index is 12.2. The van der Waals surface area contributed by atoms with Gasteiger partial charge in [0.2, 0.25) is 5.91 Å². The van der Waals surface area contributed by atoms with Gasteiger partial charge in [0, 0.05) is 19.4 Å². The molecule has 0 bridgehead atoms. The average molecular weight is 711 g/mol. The number of hydrogen-bond donors (Lipinski definition) is 7. The summed E-state index contributed by atoms with van der Waals surface area (Å²) in [7, 11) is 0. The van der Waals surface area contributed by atoms with E-state index in [1.54, 1.807) is 17.0 Å². The van der Waals surface area contributed by atoms with E-state index in [0.717, 1.165) is 63.7 Å². The average Bonchev–Trinajstić information content (AvgIpc) is 3.66. The molecule has 1 aromatic heterocycles. The highest BCUT2D eigenvalue weighted by atomic mass is 16.6. The van der Waals surface area contributed by atoms with E-state index in [1.165, 1.54) is 0 Å². The number of nitrogens with one attached hydrogen (secondary N) is 3. The number of carbonyl (C=O) groups is 7. The van der Waals surface area contributed by atoms with E-state index in [1.807, 2.05) is 4.57 Å². The number of imidazole rings is 1. The molecule has 0 aliphatic carbocycles. The summed E-state index contributed by atoms with van der Waals surface area (Å²) in [5, 5.41) is 43.5. The SMILES string of the molecule is O=C(O)CCC(NC(=O)NC(CCCCNC(=O)CCCCCCCCCC[N+]12CC(=O)OC1n1cc[n+](CC(=O)O)c1C2)C(=O)O)C(=O)O. The molecule has 0 aromatic carbocycles. The Balaban J connectivity index is 1.19. The van der Waals surface area contributed by atoms with Crippen LogP contribution >= 0.6 is 0 Å².